The Morgan fingerprint density at radius 1 is 1.16 bits per heavy atom. The first-order chi connectivity index (χ1) is 15.5. The fourth-order valence-corrected chi connectivity index (χ4v) is 3.85. The van der Waals surface area contributed by atoms with E-state index < -0.39 is 22.8 Å². The van der Waals surface area contributed by atoms with Crippen LogP contribution in [0.5, 0.6) is 0 Å². The van der Waals surface area contributed by atoms with Gasteiger partial charge in [-0.1, -0.05) is 23.4 Å². The molecule has 10 heteroatoms. The molecule has 0 aromatic heterocycles. The van der Waals surface area contributed by atoms with E-state index in [1.54, 1.807) is 24.3 Å². The van der Waals surface area contributed by atoms with E-state index >= 15 is 0 Å². The normalized spacial score (nSPS) is 18.1. The van der Waals surface area contributed by atoms with Gasteiger partial charge in [0, 0.05) is 29.8 Å². The van der Waals surface area contributed by atoms with Crippen LogP contribution in [-0.2, 0) is 9.63 Å². The van der Waals surface area contributed by atoms with Crippen molar-refractivity contribution < 1.29 is 24.5 Å². The third-order valence-electron chi connectivity index (χ3n) is 5.42. The van der Waals surface area contributed by atoms with E-state index in [-0.39, 0.29) is 23.6 Å². The highest BCUT2D eigenvalue weighted by Gasteiger charge is 2.39. The van der Waals surface area contributed by atoms with Crippen LogP contribution in [0.25, 0.3) is 0 Å². The van der Waals surface area contributed by atoms with Crippen molar-refractivity contribution in [2.24, 2.45) is 5.16 Å². The number of para-hydroxylation sites is 1. The molecule has 0 aliphatic carbocycles. The lowest BCUT2D eigenvalue weighted by Crippen LogP contribution is -2.36. The van der Waals surface area contributed by atoms with Crippen LogP contribution in [0.15, 0.2) is 53.7 Å². The maximum atomic E-state index is 13.0. The Hall–Kier alpha value is -3.63. The van der Waals surface area contributed by atoms with Gasteiger partial charge in [-0.2, -0.15) is 0 Å². The highest BCUT2D eigenvalue weighted by molar-refractivity contribution is 6.58. The zero-order valence-corrected chi connectivity index (χ0v) is 17.2. The van der Waals surface area contributed by atoms with Crippen LogP contribution < -0.4 is 4.90 Å². The predicted molar refractivity (Wildman–Crippen MR) is 116 cm³/mol. The molecule has 1 atom stereocenters. The number of carbonyl (C=O) groups excluding carboxylic acids is 2. The fraction of sp³-hybridized carbons (Fsp3) is 0.318. The summed E-state index contributed by atoms with van der Waals surface area (Å²) in [7, 11) is 0. The molecule has 2 aromatic rings. The summed E-state index contributed by atoms with van der Waals surface area (Å²) in [4.78, 5) is 44.7. The molecule has 1 fully saturated rings. The van der Waals surface area contributed by atoms with E-state index in [4.69, 9.17) is 4.84 Å². The number of nitro benzene ring substituents is 1. The quantitative estimate of drug-likeness (QED) is 0.398. The summed E-state index contributed by atoms with van der Waals surface area (Å²) < 4.78 is 0. The van der Waals surface area contributed by atoms with Gasteiger partial charge < -0.3 is 14.8 Å². The number of amides is 2. The summed E-state index contributed by atoms with van der Waals surface area (Å²) in [6.45, 7) is 2.28. The standard InChI is InChI=1S/C22H22N4O6/c27-17(13-24-11-3-4-12-24)14-32-23-20-18-5-1-2-6-19(18)25(22(20)29)21(28)15-7-9-16(10-8-15)26(30)31/h1-2,5-10,17,27H,3-4,11-14H2/b23-20+. The highest BCUT2D eigenvalue weighted by Crippen LogP contribution is 2.31. The van der Waals surface area contributed by atoms with Gasteiger partial charge in [-0.05, 0) is 44.1 Å². The second-order valence-corrected chi connectivity index (χ2v) is 7.66. The number of nitro groups is 1. The van der Waals surface area contributed by atoms with Crippen molar-refractivity contribution >= 4 is 28.9 Å². The summed E-state index contributed by atoms with van der Waals surface area (Å²) in [6, 6.07) is 11.7. The molecule has 2 aromatic carbocycles. The van der Waals surface area contributed by atoms with Crippen LogP contribution in [0.4, 0.5) is 11.4 Å². The number of rotatable bonds is 7. The predicted octanol–water partition coefficient (Wildman–Crippen LogP) is 1.96. The van der Waals surface area contributed by atoms with Gasteiger partial charge in [0.2, 0.25) is 0 Å². The van der Waals surface area contributed by atoms with Crippen molar-refractivity contribution in [2.45, 2.75) is 18.9 Å². The minimum absolute atomic E-state index is 0.0377. The van der Waals surface area contributed by atoms with Gasteiger partial charge in [-0.15, -0.1) is 0 Å². The topological polar surface area (TPSA) is 126 Å². The molecule has 2 heterocycles. The smallest absolute Gasteiger partial charge is 0.288 e. The van der Waals surface area contributed by atoms with E-state index in [0.29, 0.717) is 17.8 Å². The lowest BCUT2D eigenvalue weighted by molar-refractivity contribution is -0.384. The lowest BCUT2D eigenvalue weighted by Gasteiger charge is -2.18. The number of imide groups is 1. The molecule has 0 saturated carbocycles. The van der Waals surface area contributed by atoms with Crippen molar-refractivity contribution in [1.82, 2.24) is 4.90 Å². The van der Waals surface area contributed by atoms with E-state index in [9.17, 15) is 24.8 Å². The molecule has 2 aliphatic rings. The number of likely N-dealkylation sites (tertiary alicyclic amines) is 1. The third-order valence-corrected chi connectivity index (χ3v) is 5.42. The Balaban J connectivity index is 1.50. The van der Waals surface area contributed by atoms with Crippen LogP contribution in [0.2, 0.25) is 0 Å². The Morgan fingerprint density at radius 3 is 2.53 bits per heavy atom. The number of aliphatic hydroxyl groups is 1. The van der Waals surface area contributed by atoms with Crippen molar-refractivity contribution in [1.29, 1.82) is 0 Å². The summed E-state index contributed by atoms with van der Waals surface area (Å²) in [5, 5.41) is 24.9. The molecule has 4 rings (SSSR count). The number of carbonyl (C=O) groups is 2. The first-order valence-corrected chi connectivity index (χ1v) is 10.3. The van der Waals surface area contributed by atoms with Crippen molar-refractivity contribution in [2.75, 3.05) is 31.1 Å². The minimum Gasteiger partial charge on any atom is -0.392 e. The zero-order chi connectivity index (χ0) is 22.7. The summed E-state index contributed by atoms with van der Waals surface area (Å²) in [5.41, 5.74) is 0.714. The number of hydrogen-bond donors (Lipinski definition) is 1. The van der Waals surface area contributed by atoms with Gasteiger partial charge in [0.05, 0.1) is 10.6 Å². The molecule has 1 saturated heterocycles. The van der Waals surface area contributed by atoms with Crippen LogP contribution in [-0.4, -0.2) is 64.8 Å². The molecule has 2 amide bonds. The van der Waals surface area contributed by atoms with Gasteiger partial charge in [0.25, 0.3) is 17.5 Å². The van der Waals surface area contributed by atoms with E-state index in [1.807, 2.05) is 0 Å². The third kappa shape index (κ3) is 4.36. The lowest BCUT2D eigenvalue weighted by atomic mass is 10.1. The number of aliphatic hydroxyl groups excluding tert-OH is 1. The first-order valence-electron chi connectivity index (χ1n) is 10.3. The Kier molecular flexibility index (Phi) is 6.24. The first kappa shape index (κ1) is 21.6. The minimum atomic E-state index is -0.748. The van der Waals surface area contributed by atoms with Gasteiger partial charge in [0.1, 0.15) is 12.7 Å². The summed E-state index contributed by atoms with van der Waals surface area (Å²) >= 11 is 0. The van der Waals surface area contributed by atoms with E-state index in [2.05, 4.69) is 10.1 Å². The van der Waals surface area contributed by atoms with Crippen LogP contribution in [0, 0.1) is 10.1 Å². The molecule has 0 spiro atoms. The zero-order valence-electron chi connectivity index (χ0n) is 17.2. The SMILES string of the molecule is O=C1/C(=N/OCC(O)CN2CCCC2)c2ccccc2N1C(=O)c1ccc([N+](=O)[O-])cc1. The Morgan fingerprint density at radius 2 is 1.84 bits per heavy atom. The molecule has 166 valence electrons. The van der Waals surface area contributed by atoms with Crippen molar-refractivity contribution in [3.05, 3.63) is 69.8 Å². The molecule has 0 radical (unpaired) electrons. The maximum absolute atomic E-state index is 13.0. The monoisotopic (exact) mass is 438 g/mol. The number of benzene rings is 2. The highest BCUT2D eigenvalue weighted by atomic mass is 16.6. The number of fused-ring (bicyclic) bond motifs is 1. The fourth-order valence-electron chi connectivity index (χ4n) is 3.85. The molecule has 2 aliphatic heterocycles. The molecule has 10 nitrogen and oxygen atoms in total. The van der Waals surface area contributed by atoms with Gasteiger partial charge in [-0.3, -0.25) is 19.7 Å². The van der Waals surface area contributed by atoms with Gasteiger partial charge in [-0.25, -0.2) is 4.90 Å². The second kappa shape index (κ2) is 9.25. The maximum Gasteiger partial charge on any atom is 0.288 e. The van der Waals surface area contributed by atoms with Gasteiger partial charge in [0.15, 0.2) is 5.71 Å². The average molecular weight is 438 g/mol. The molecular formula is C22H22N4O6. The van der Waals surface area contributed by atoms with E-state index in [0.717, 1.165) is 30.8 Å². The van der Waals surface area contributed by atoms with Crippen LogP contribution in [0.1, 0.15) is 28.8 Å². The van der Waals surface area contributed by atoms with Crippen LogP contribution in [0.3, 0.4) is 0 Å². The van der Waals surface area contributed by atoms with Crippen molar-refractivity contribution in [3.8, 4) is 0 Å². The van der Waals surface area contributed by atoms with Crippen molar-refractivity contribution in [3.63, 3.8) is 0 Å². The van der Waals surface area contributed by atoms with Gasteiger partial charge >= 0.3 is 0 Å². The average Bonchev–Trinajstić information content (AvgIpc) is 3.39. The number of non-ortho nitro benzene ring substituents is 1. The number of oxime groups is 1. The number of hydrogen-bond acceptors (Lipinski definition) is 8. The molecular weight excluding hydrogens is 416 g/mol. The number of β-amino-alcohol motifs (C(OH)–C–C–N with tert-alkyl or cyclic N) is 1. The summed E-state index contributed by atoms with van der Waals surface area (Å²) in [6.07, 6.45) is 1.47. The summed E-state index contributed by atoms with van der Waals surface area (Å²) in [5.74, 6) is -1.29. The Labute approximate surface area is 183 Å². The van der Waals surface area contributed by atoms with Crippen LogP contribution >= 0.6 is 0 Å². The Bertz CT molecular complexity index is 1060. The number of anilines is 1. The molecule has 0 bridgehead atoms. The molecule has 1 N–H and O–H groups in total. The van der Waals surface area contributed by atoms with E-state index in [1.165, 1.54) is 24.3 Å². The second-order valence-electron chi connectivity index (χ2n) is 7.66. The molecule has 32 heavy (non-hydrogen) atoms. The number of nitrogens with zero attached hydrogens (tertiary/aromatic N) is 4. The molecule has 1 unspecified atom stereocenters. The largest absolute Gasteiger partial charge is 0.392 e.